The van der Waals surface area contributed by atoms with Crippen LogP contribution in [0.2, 0.25) is 5.15 Å². The second kappa shape index (κ2) is 5.57. The van der Waals surface area contributed by atoms with E-state index in [1.165, 1.54) is 6.07 Å². The van der Waals surface area contributed by atoms with Crippen molar-refractivity contribution in [3.05, 3.63) is 58.6 Å². The van der Waals surface area contributed by atoms with Crippen molar-refractivity contribution >= 4 is 23.3 Å². The summed E-state index contributed by atoms with van der Waals surface area (Å²) in [4.78, 5) is 8.59. The van der Waals surface area contributed by atoms with Crippen LogP contribution < -0.4 is 5.32 Å². The molecule has 0 spiro atoms. The van der Waals surface area contributed by atoms with E-state index < -0.39 is 5.60 Å². The first-order chi connectivity index (χ1) is 10.5. The Labute approximate surface area is 133 Å². The van der Waals surface area contributed by atoms with Crippen molar-refractivity contribution in [1.82, 2.24) is 4.98 Å². The number of pyridine rings is 1. The molecule has 1 aromatic heterocycles. The van der Waals surface area contributed by atoms with Crippen molar-refractivity contribution in [2.45, 2.75) is 19.4 Å². The first kappa shape index (κ1) is 14.8. The number of hydrogen-bond acceptors (Lipinski definition) is 3. The standard InChI is InChI=1S/C16H15ClFN3O/c1-3-19-15-20-12-8-9-13(17)21-14(12)16(2,22-15)10-6-4-5-7-11(10)18/h4-9H,3H2,1-2H3,(H,19,20). The molecule has 0 aliphatic carbocycles. The summed E-state index contributed by atoms with van der Waals surface area (Å²) in [7, 11) is 0. The van der Waals surface area contributed by atoms with Crippen LogP contribution in [-0.2, 0) is 10.3 Å². The van der Waals surface area contributed by atoms with Crippen molar-refractivity contribution in [3.8, 4) is 0 Å². The summed E-state index contributed by atoms with van der Waals surface area (Å²) in [5.41, 5.74) is 0.509. The monoisotopic (exact) mass is 319 g/mol. The van der Waals surface area contributed by atoms with E-state index in [2.05, 4.69) is 15.3 Å². The Morgan fingerprint density at radius 2 is 2.09 bits per heavy atom. The van der Waals surface area contributed by atoms with Gasteiger partial charge in [0.05, 0.1) is 5.69 Å². The summed E-state index contributed by atoms with van der Waals surface area (Å²) >= 11 is 6.01. The van der Waals surface area contributed by atoms with Gasteiger partial charge in [0.15, 0.2) is 5.60 Å². The molecular weight excluding hydrogens is 305 g/mol. The van der Waals surface area contributed by atoms with Crippen molar-refractivity contribution < 1.29 is 9.13 Å². The van der Waals surface area contributed by atoms with Crippen LogP contribution in [0.3, 0.4) is 0 Å². The number of hydrogen-bond donors (Lipinski definition) is 1. The minimum absolute atomic E-state index is 0.322. The predicted molar refractivity (Wildman–Crippen MR) is 84.8 cm³/mol. The highest BCUT2D eigenvalue weighted by molar-refractivity contribution is 6.29. The molecule has 1 atom stereocenters. The zero-order chi connectivity index (χ0) is 15.7. The zero-order valence-corrected chi connectivity index (χ0v) is 13.0. The zero-order valence-electron chi connectivity index (χ0n) is 12.2. The second-order valence-electron chi connectivity index (χ2n) is 5.05. The highest BCUT2D eigenvalue weighted by Crippen LogP contribution is 2.41. The van der Waals surface area contributed by atoms with Crippen LogP contribution >= 0.6 is 11.6 Å². The highest BCUT2D eigenvalue weighted by atomic mass is 35.5. The molecule has 1 N–H and O–H groups in total. The fraction of sp³-hybridized carbons (Fsp3) is 0.250. The first-order valence-corrected chi connectivity index (χ1v) is 7.35. The van der Waals surface area contributed by atoms with Crippen LogP contribution in [0.5, 0.6) is 0 Å². The smallest absolute Gasteiger partial charge is 0.290 e. The number of rotatable bonds is 2. The first-order valence-electron chi connectivity index (χ1n) is 6.97. The largest absolute Gasteiger partial charge is 0.447 e. The van der Waals surface area contributed by atoms with Gasteiger partial charge in [0.2, 0.25) is 0 Å². The van der Waals surface area contributed by atoms with E-state index in [0.717, 1.165) is 0 Å². The number of anilines is 1. The number of fused-ring (bicyclic) bond motifs is 1. The third-order valence-corrected chi connectivity index (χ3v) is 3.76. The lowest BCUT2D eigenvalue weighted by molar-refractivity contribution is 0.103. The molecule has 22 heavy (non-hydrogen) atoms. The number of aliphatic imine (C=N–C) groups is 1. The molecule has 0 saturated carbocycles. The summed E-state index contributed by atoms with van der Waals surface area (Å²) in [5, 5.41) is 3.38. The lowest BCUT2D eigenvalue weighted by atomic mass is 9.89. The lowest BCUT2D eigenvalue weighted by Gasteiger charge is -2.36. The molecule has 1 unspecified atom stereocenters. The van der Waals surface area contributed by atoms with Crippen molar-refractivity contribution in [3.63, 3.8) is 0 Å². The third kappa shape index (κ3) is 2.41. The number of benzene rings is 1. The number of halogens is 2. The van der Waals surface area contributed by atoms with Crippen molar-refractivity contribution in [1.29, 1.82) is 0 Å². The van der Waals surface area contributed by atoms with E-state index in [9.17, 15) is 4.39 Å². The van der Waals surface area contributed by atoms with Gasteiger partial charge in [-0.1, -0.05) is 29.8 Å². The maximum atomic E-state index is 14.3. The van der Waals surface area contributed by atoms with E-state index in [0.29, 0.717) is 34.7 Å². The average Bonchev–Trinajstić information content (AvgIpc) is 2.49. The minimum atomic E-state index is -1.11. The predicted octanol–water partition coefficient (Wildman–Crippen LogP) is 3.96. The third-order valence-electron chi connectivity index (χ3n) is 3.55. The van der Waals surface area contributed by atoms with E-state index in [-0.39, 0.29) is 5.82 Å². The van der Waals surface area contributed by atoms with E-state index in [1.807, 2.05) is 6.92 Å². The maximum absolute atomic E-state index is 14.3. The molecule has 1 aliphatic rings. The van der Waals surface area contributed by atoms with Gasteiger partial charge in [-0.2, -0.15) is 0 Å². The molecule has 3 rings (SSSR count). The molecule has 0 amide bonds. The molecule has 2 aromatic rings. The summed E-state index contributed by atoms with van der Waals surface area (Å²) in [5.74, 6) is -0.365. The SMILES string of the molecule is CCN=C1Nc2ccc(Cl)nc2C(C)(c2ccccc2F)O1. The van der Waals surface area contributed by atoms with Gasteiger partial charge in [-0.05, 0) is 32.0 Å². The Morgan fingerprint density at radius 3 is 2.82 bits per heavy atom. The van der Waals surface area contributed by atoms with Gasteiger partial charge in [-0.15, -0.1) is 0 Å². The summed E-state index contributed by atoms with van der Waals surface area (Å²) in [6.45, 7) is 4.21. The van der Waals surface area contributed by atoms with Gasteiger partial charge in [0.1, 0.15) is 16.7 Å². The van der Waals surface area contributed by atoms with Gasteiger partial charge in [0, 0.05) is 12.1 Å². The van der Waals surface area contributed by atoms with E-state index >= 15 is 0 Å². The molecular formula is C16H15ClFN3O. The van der Waals surface area contributed by atoms with Crippen LogP contribution in [0.25, 0.3) is 0 Å². The quantitative estimate of drug-likeness (QED) is 0.852. The average molecular weight is 320 g/mol. The molecule has 2 heterocycles. The van der Waals surface area contributed by atoms with Crippen LogP contribution in [-0.4, -0.2) is 17.6 Å². The fourth-order valence-electron chi connectivity index (χ4n) is 2.53. The number of aromatic nitrogens is 1. The minimum Gasteiger partial charge on any atom is -0.447 e. The second-order valence-corrected chi connectivity index (χ2v) is 5.44. The van der Waals surface area contributed by atoms with Gasteiger partial charge < -0.3 is 10.1 Å². The topological polar surface area (TPSA) is 46.5 Å². The molecule has 0 radical (unpaired) electrons. The van der Waals surface area contributed by atoms with E-state index in [1.54, 1.807) is 37.3 Å². The number of nitrogens with zero attached hydrogens (tertiary/aromatic N) is 2. The number of amidine groups is 1. The van der Waals surface area contributed by atoms with E-state index in [4.69, 9.17) is 16.3 Å². The van der Waals surface area contributed by atoms with Gasteiger partial charge in [-0.3, -0.25) is 0 Å². The summed E-state index contributed by atoms with van der Waals surface area (Å²) in [6.07, 6.45) is 0. The Bertz CT molecular complexity index is 750. The molecule has 0 saturated heterocycles. The Balaban J connectivity index is 2.23. The normalized spacial score (nSPS) is 21.9. The van der Waals surface area contributed by atoms with Gasteiger partial charge in [-0.25, -0.2) is 14.4 Å². The number of ether oxygens (including phenoxy) is 1. The number of nitrogens with one attached hydrogen (secondary N) is 1. The van der Waals surface area contributed by atoms with Crippen LogP contribution in [0.15, 0.2) is 41.4 Å². The molecule has 4 nitrogen and oxygen atoms in total. The highest BCUT2D eigenvalue weighted by Gasteiger charge is 2.42. The Hall–Kier alpha value is -2.14. The lowest BCUT2D eigenvalue weighted by Crippen LogP contribution is -2.40. The molecule has 0 fully saturated rings. The van der Waals surface area contributed by atoms with Gasteiger partial charge >= 0.3 is 0 Å². The maximum Gasteiger partial charge on any atom is 0.290 e. The van der Waals surface area contributed by atoms with Crippen LogP contribution in [0, 0.1) is 5.82 Å². The summed E-state index contributed by atoms with van der Waals surface area (Å²) in [6, 6.07) is 10.3. The van der Waals surface area contributed by atoms with Gasteiger partial charge in [0.25, 0.3) is 6.02 Å². The molecule has 1 aliphatic heterocycles. The molecule has 6 heteroatoms. The molecule has 114 valence electrons. The molecule has 0 bridgehead atoms. The van der Waals surface area contributed by atoms with Crippen LogP contribution in [0.1, 0.15) is 25.1 Å². The van der Waals surface area contributed by atoms with Crippen LogP contribution in [0.4, 0.5) is 10.1 Å². The Kier molecular flexibility index (Phi) is 3.74. The Morgan fingerprint density at radius 1 is 1.32 bits per heavy atom. The summed E-state index contributed by atoms with van der Waals surface area (Å²) < 4.78 is 20.3. The molecule has 1 aromatic carbocycles. The fourth-order valence-corrected chi connectivity index (χ4v) is 2.68. The van der Waals surface area contributed by atoms with Crippen molar-refractivity contribution in [2.75, 3.05) is 11.9 Å². The van der Waals surface area contributed by atoms with Crippen molar-refractivity contribution in [2.24, 2.45) is 4.99 Å².